The summed E-state index contributed by atoms with van der Waals surface area (Å²) in [6.07, 6.45) is 2.27. The molecule has 0 amide bonds. The van der Waals surface area contributed by atoms with E-state index in [0.717, 1.165) is 63.2 Å². The zero-order chi connectivity index (χ0) is 41.2. The predicted octanol–water partition coefficient (Wildman–Crippen LogP) is 14.0. The van der Waals surface area contributed by atoms with Gasteiger partial charge in [0.15, 0.2) is 0 Å². The highest BCUT2D eigenvalue weighted by molar-refractivity contribution is 7.00. The Hall–Kier alpha value is -6.49. The van der Waals surface area contributed by atoms with Crippen LogP contribution in [0.4, 0.5) is 34.1 Å². The SMILES string of the molecule is CC1(C)CCC(C)(C)c2cc3c(cc21)B1c2ccc(-c4ccccc4)cc2N(c2cccc(-c4ccccc4)c2)c2cc(Cl)cc(c21)N3c1cccc2oc3ccccc3c12. The standard InChI is InChI=1S/C56H44BClN2O/c1-55(2)27-28-56(3,4)43-34-48-45(33-42(43)55)57-44-26-25-38(36-17-9-6-10-18-36)30-47(44)59(40-20-13-19-37(29-40)35-15-7-5-8-16-35)49-31-39(58)32-50(54(49)57)60(48)46-22-14-24-52-53(46)41-21-11-12-23-51(41)61-52/h5-26,29-34H,27-28H2,1-4H3. The van der Waals surface area contributed by atoms with Crippen LogP contribution in [0.1, 0.15) is 51.7 Å². The highest BCUT2D eigenvalue weighted by Crippen LogP contribution is 2.52. The Morgan fingerprint density at radius 2 is 1.07 bits per heavy atom. The first kappa shape index (κ1) is 36.4. The quantitative estimate of drug-likeness (QED) is 0.165. The van der Waals surface area contributed by atoms with Crippen LogP contribution < -0.4 is 26.2 Å². The summed E-state index contributed by atoms with van der Waals surface area (Å²) < 4.78 is 6.57. The molecule has 0 fully saturated rings. The number of halogens is 1. The van der Waals surface area contributed by atoms with Crippen LogP contribution >= 0.6 is 11.6 Å². The number of rotatable bonds is 4. The Balaban J connectivity index is 1.20. The molecule has 0 unspecified atom stereocenters. The number of hydrogen-bond acceptors (Lipinski definition) is 3. The van der Waals surface area contributed by atoms with Crippen LogP contribution in [0.5, 0.6) is 0 Å². The minimum Gasteiger partial charge on any atom is -0.456 e. The second kappa shape index (κ2) is 13.3. The molecule has 0 bridgehead atoms. The molecule has 0 saturated carbocycles. The molecule has 12 rings (SSSR count). The van der Waals surface area contributed by atoms with Gasteiger partial charge in [0.25, 0.3) is 6.71 Å². The molecular weight excluding hydrogens is 763 g/mol. The van der Waals surface area contributed by atoms with Gasteiger partial charge >= 0.3 is 0 Å². The smallest absolute Gasteiger partial charge is 0.252 e. The lowest BCUT2D eigenvalue weighted by Gasteiger charge is -2.47. The molecule has 1 aromatic heterocycles. The maximum absolute atomic E-state index is 7.46. The van der Waals surface area contributed by atoms with Gasteiger partial charge in [0, 0.05) is 38.8 Å². The minimum absolute atomic E-state index is 0.00922. The maximum Gasteiger partial charge on any atom is 0.252 e. The predicted molar refractivity (Wildman–Crippen MR) is 259 cm³/mol. The highest BCUT2D eigenvalue weighted by Gasteiger charge is 2.47. The van der Waals surface area contributed by atoms with Gasteiger partial charge in [-0.15, -0.1) is 0 Å². The van der Waals surface area contributed by atoms with Crippen molar-refractivity contribution in [3.05, 3.63) is 186 Å². The van der Waals surface area contributed by atoms with Gasteiger partial charge in [-0.2, -0.15) is 0 Å². The van der Waals surface area contributed by atoms with E-state index in [1.807, 2.05) is 0 Å². The normalized spacial score (nSPS) is 15.7. The average Bonchev–Trinajstić information content (AvgIpc) is 3.67. The number of nitrogens with zero attached hydrogens (tertiary/aromatic N) is 2. The zero-order valence-corrected chi connectivity index (χ0v) is 35.6. The lowest BCUT2D eigenvalue weighted by molar-refractivity contribution is 0.332. The fourth-order valence-corrected chi connectivity index (χ4v) is 11.0. The molecule has 8 aromatic carbocycles. The first-order chi connectivity index (χ1) is 29.6. The third kappa shape index (κ3) is 5.51. The molecule has 3 nitrogen and oxygen atoms in total. The van der Waals surface area contributed by atoms with Crippen LogP contribution in [0.25, 0.3) is 44.2 Å². The van der Waals surface area contributed by atoms with Gasteiger partial charge in [-0.3, -0.25) is 0 Å². The number of fused-ring (bicyclic) bond motifs is 8. The van der Waals surface area contributed by atoms with E-state index in [1.54, 1.807) is 0 Å². The Morgan fingerprint density at radius 3 is 1.80 bits per heavy atom. The van der Waals surface area contributed by atoms with Crippen LogP contribution in [0, 0.1) is 0 Å². The second-order valence-corrected chi connectivity index (χ2v) is 18.9. The van der Waals surface area contributed by atoms with Gasteiger partial charge in [0.05, 0.1) is 11.1 Å². The molecule has 3 heterocycles. The summed E-state index contributed by atoms with van der Waals surface area (Å²) in [6.45, 7) is 9.68. The monoisotopic (exact) mass is 806 g/mol. The van der Waals surface area contributed by atoms with Crippen LogP contribution in [0.15, 0.2) is 174 Å². The van der Waals surface area contributed by atoms with E-state index < -0.39 is 0 Å². The van der Waals surface area contributed by atoms with Crippen LogP contribution in [0.2, 0.25) is 5.02 Å². The summed E-state index contributed by atoms with van der Waals surface area (Å²) in [7, 11) is 0. The van der Waals surface area contributed by atoms with Gasteiger partial charge in [-0.25, -0.2) is 0 Å². The third-order valence-electron chi connectivity index (χ3n) is 13.9. The molecule has 0 atom stereocenters. The number of hydrogen-bond donors (Lipinski definition) is 0. The maximum atomic E-state index is 7.46. The van der Waals surface area contributed by atoms with Gasteiger partial charge < -0.3 is 14.2 Å². The van der Waals surface area contributed by atoms with E-state index in [9.17, 15) is 0 Å². The van der Waals surface area contributed by atoms with Crippen LogP contribution in [-0.2, 0) is 10.8 Å². The molecule has 0 N–H and O–H groups in total. The molecule has 0 saturated heterocycles. The van der Waals surface area contributed by atoms with Gasteiger partial charge in [0.1, 0.15) is 11.2 Å². The molecule has 1 aliphatic carbocycles. The Morgan fingerprint density at radius 1 is 0.475 bits per heavy atom. The summed E-state index contributed by atoms with van der Waals surface area (Å²) in [5.41, 5.74) is 19.9. The van der Waals surface area contributed by atoms with E-state index >= 15 is 0 Å². The fourth-order valence-electron chi connectivity index (χ4n) is 10.8. The number of anilines is 6. The zero-order valence-electron chi connectivity index (χ0n) is 34.8. The van der Waals surface area contributed by atoms with Gasteiger partial charge in [-0.05, 0) is 128 Å². The second-order valence-electron chi connectivity index (χ2n) is 18.5. The summed E-state index contributed by atoms with van der Waals surface area (Å²) in [6, 6.07) is 62.0. The lowest BCUT2D eigenvalue weighted by atomic mass is 9.33. The Bertz CT molecular complexity index is 3240. The van der Waals surface area contributed by atoms with E-state index in [4.69, 9.17) is 16.0 Å². The van der Waals surface area contributed by atoms with Gasteiger partial charge in [0.2, 0.25) is 0 Å². The van der Waals surface area contributed by atoms with E-state index in [1.165, 1.54) is 55.5 Å². The Kier molecular flexibility index (Phi) is 7.90. The largest absolute Gasteiger partial charge is 0.456 e. The molecule has 2 aliphatic heterocycles. The summed E-state index contributed by atoms with van der Waals surface area (Å²) >= 11 is 7.46. The number of para-hydroxylation sites is 1. The third-order valence-corrected chi connectivity index (χ3v) is 14.2. The van der Waals surface area contributed by atoms with Crippen molar-refractivity contribution in [1.82, 2.24) is 0 Å². The summed E-state index contributed by atoms with van der Waals surface area (Å²) in [5.74, 6) is 0. The number of furan rings is 1. The van der Waals surface area contributed by atoms with E-state index in [-0.39, 0.29) is 17.5 Å². The van der Waals surface area contributed by atoms with Crippen molar-refractivity contribution < 1.29 is 4.42 Å². The molecule has 3 aliphatic rings. The Labute approximate surface area is 362 Å². The molecule has 61 heavy (non-hydrogen) atoms. The number of benzene rings is 8. The molecule has 0 spiro atoms. The summed E-state index contributed by atoms with van der Waals surface area (Å²) in [5, 5.41) is 2.89. The first-order valence-electron chi connectivity index (χ1n) is 21.5. The van der Waals surface area contributed by atoms with Crippen molar-refractivity contribution in [3.63, 3.8) is 0 Å². The van der Waals surface area contributed by atoms with Crippen molar-refractivity contribution >= 4 is 90.8 Å². The van der Waals surface area contributed by atoms with Crippen molar-refractivity contribution in [1.29, 1.82) is 0 Å². The molecule has 0 radical (unpaired) electrons. The first-order valence-corrected chi connectivity index (χ1v) is 21.9. The average molecular weight is 807 g/mol. The van der Waals surface area contributed by atoms with Crippen LogP contribution in [0.3, 0.4) is 0 Å². The highest BCUT2D eigenvalue weighted by atomic mass is 35.5. The fraction of sp³-hybridized carbons (Fsp3) is 0.143. The van der Waals surface area contributed by atoms with Crippen molar-refractivity contribution in [2.75, 3.05) is 9.80 Å². The lowest BCUT2D eigenvalue weighted by Crippen LogP contribution is -2.61. The topological polar surface area (TPSA) is 19.6 Å². The minimum atomic E-state index is -0.0478. The van der Waals surface area contributed by atoms with E-state index in [2.05, 4.69) is 207 Å². The van der Waals surface area contributed by atoms with E-state index in [0.29, 0.717) is 5.02 Å². The van der Waals surface area contributed by atoms with Crippen molar-refractivity contribution in [3.8, 4) is 22.3 Å². The van der Waals surface area contributed by atoms with Crippen LogP contribution in [-0.4, -0.2) is 6.71 Å². The summed E-state index contributed by atoms with van der Waals surface area (Å²) in [4.78, 5) is 4.98. The molecular formula is C56H44BClN2O. The van der Waals surface area contributed by atoms with Crippen molar-refractivity contribution in [2.45, 2.75) is 51.4 Å². The van der Waals surface area contributed by atoms with Gasteiger partial charge in [-0.1, -0.05) is 155 Å². The van der Waals surface area contributed by atoms with Crippen molar-refractivity contribution in [2.24, 2.45) is 0 Å². The molecule has 9 aromatic rings. The molecule has 294 valence electrons. The molecule has 5 heteroatoms.